The normalized spacial score (nSPS) is 21.5. The maximum absolute atomic E-state index is 13.1. The van der Waals surface area contributed by atoms with Crippen LogP contribution in [0.2, 0.25) is 0 Å². The van der Waals surface area contributed by atoms with Crippen molar-refractivity contribution in [2.75, 3.05) is 31.2 Å². The van der Waals surface area contributed by atoms with E-state index in [0.717, 1.165) is 58.4 Å². The van der Waals surface area contributed by atoms with Gasteiger partial charge in [0.25, 0.3) is 11.5 Å². The van der Waals surface area contributed by atoms with Crippen LogP contribution in [0.3, 0.4) is 0 Å². The van der Waals surface area contributed by atoms with E-state index in [0.29, 0.717) is 6.54 Å². The first kappa shape index (κ1) is 26.4. The Balaban J connectivity index is 1.79. The van der Waals surface area contributed by atoms with E-state index in [1.807, 2.05) is 4.90 Å². The summed E-state index contributed by atoms with van der Waals surface area (Å²) >= 11 is 11.9. The van der Waals surface area contributed by atoms with Crippen LogP contribution in [-0.4, -0.2) is 83.1 Å². The van der Waals surface area contributed by atoms with Crippen LogP contribution in [-0.2, 0) is 20.9 Å². The Morgan fingerprint density at radius 3 is 2.40 bits per heavy atom. The Kier molecular flexibility index (Phi) is 8.40. The third-order valence-electron chi connectivity index (χ3n) is 4.68. The number of allylic oxidation sites excluding steroid dienone is 1. The average Bonchev–Trinajstić information content (AvgIpc) is 3.40. The molecule has 1 fully saturated rings. The van der Waals surface area contributed by atoms with Crippen molar-refractivity contribution < 1.29 is 29.7 Å². The van der Waals surface area contributed by atoms with Crippen LogP contribution >= 0.6 is 70.6 Å². The fraction of sp³-hybridized carbons (Fsp3) is 0.316. The molecule has 4 heterocycles. The molecule has 3 aliphatic rings. The number of aliphatic hydroxyl groups is 1. The lowest BCUT2D eigenvalue weighted by Crippen LogP contribution is -2.36. The molecule has 1 saturated heterocycles. The van der Waals surface area contributed by atoms with Gasteiger partial charge in [0.15, 0.2) is 0 Å². The van der Waals surface area contributed by atoms with Gasteiger partial charge in [0.1, 0.15) is 27.0 Å². The number of carboxylic acid groups (broad SMARTS) is 2. The van der Waals surface area contributed by atoms with Crippen LogP contribution in [0.5, 0.6) is 0 Å². The van der Waals surface area contributed by atoms with Crippen molar-refractivity contribution in [1.82, 2.24) is 14.4 Å². The number of thioether (sulfide) groups is 4. The maximum Gasteiger partial charge on any atom is 0.323 e. The van der Waals surface area contributed by atoms with Gasteiger partial charge in [-0.15, -0.1) is 34.9 Å². The number of hydrogen-bond donors (Lipinski definition) is 3. The molecule has 0 saturated carbocycles. The Morgan fingerprint density at radius 2 is 1.71 bits per heavy atom. The van der Waals surface area contributed by atoms with Crippen molar-refractivity contribution in [1.29, 1.82) is 0 Å². The van der Waals surface area contributed by atoms with Gasteiger partial charge in [-0.1, -0.05) is 35.7 Å². The summed E-state index contributed by atoms with van der Waals surface area (Å²) in [7, 11) is 0. The predicted molar refractivity (Wildman–Crippen MR) is 144 cm³/mol. The van der Waals surface area contributed by atoms with Crippen LogP contribution in [0.25, 0.3) is 11.0 Å². The highest BCUT2D eigenvalue weighted by Crippen LogP contribution is 2.52. The smallest absolute Gasteiger partial charge is 0.323 e. The second-order valence-electron chi connectivity index (χ2n) is 6.98. The molecule has 3 aliphatic heterocycles. The number of aliphatic hydroxyl groups excluding tert-OH is 1. The number of rotatable bonds is 7. The minimum absolute atomic E-state index is 0.0222. The Morgan fingerprint density at radius 1 is 1.00 bits per heavy atom. The summed E-state index contributed by atoms with van der Waals surface area (Å²) in [5.74, 6) is -1.24. The van der Waals surface area contributed by atoms with Crippen LogP contribution < -0.4 is 14.8 Å². The monoisotopic (exact) mass is 591 g/mol. The summed E-state index contributed by atoms with van der Waals surface area (Å²) in [4.78, 5) is 51.4. The summed E-state index contributed by atoms with van der Waals surface area (Å²) in [5.41, 5.74) is -0.578. The van der Waals surface area contributed by atoms with E-state index in [1.165, 1.54) is 0 Å². The summed E-state index contributed by atoms with van der Waals surface area (Å²) in [6.07, 6.45) is 3.32. The molecule has 35 heavy (non-hydrogen) atoms. The molecule has 3 N–H and O–H groups in total. The van der Waals surface area contributed by atoms with Crippen LogP contribution in [0, 0.1) is 0 Å². The van der Waals surface area contributed by atoms with Gasteiger partial charge in [-0.2, -0.15) is 0 Å². The minimum Gasteiger partial charge on any atom is -0.480 e. The lowest BCUT2D eigenvalue weighted by Gasteiger charge is -2.22. The van der Waals surface area contributed by atoms with E-state index >= 15 is 0 Å². The number of aliphatic carboxylic acids is 2. The second-order valence-corrected chi connectivity index (χ2v) is 13.1. The number of hydrogen-bond acceptors (Lipinski definition) is 12. The van der Waals surface area contributed by atoms with Crippen molar-refractivity contribution in [3.05, 3.63) is 39.9 Å². The molecule has 1 aromatic heterocycles. The van der Waals surface area contributed by atoms with Gasteiger partial charge in [-0.05, 0) is 12.2 Å². The topological polar surface area (TPSA) is 140 Å². The van der Waals surface area contributed by atoms with Crippen molar-refractivity contribution in [3.63, 3.8) is 0 Å². The average molecular weight is 592 g/mol. The highest BCUT2D eigenvalue weighted by atomic mass is 32.2. The molecule has 0 spiro atoms. The highest BCUT2D eigenvalue weighted by Gasteiger charge is 2.35. The summed E-state index contributed by atoms with van der Waals surface area (Å²) in [6, 6.07) is 0. The zero-order valence-electron chi connectivity index (χ0n) is 17.7. The largest absolute Gasteiger partial charge is 0.480 e. The third kappa shape index (κ3) is 5.52. The van der Waals surface area contributed by atoms with Gasteiger partial charge < -0.3 is 20.2 Å². The third-order valence-corrected chi connectivity index (χ3v) is 11.4. The summed E-state index contributed by atoms with van der Waals surface area (Å²) in [5, 5.41) is 29.8. The van der Waals surface area contributed by atoms with E-state index in [9.17, 15) is 29.4 Å². The standard InChI is InChI=1S/C19H17N3O7S6/c23-4-3-20-10(34-18-17(20)31-5-6-32-18)2-1-9-14(28)21(7-11(24)25)16(33-9)13-15(29)22(8-12(26)27)19(30)35-13/h1-2,23H,3-8H2,(H,24,25)(H,26,27). The van der Waals surface area contributed by atoms with E-state index in [2.05, 4.69) is 0 Å². The zero-order valence-corrected chi connectivity index (χ0v) is 22.6. The Labute approximate surface area is 224 Å². The molecular weight excluding hydrogens is 575 g/mol. The zero-order chi connectivity index (χ0) is 25.3. The second kappa shape index (κ2) is 11.1. The quantitative estimate of drug-likeness (QED) is 0.375. The summed E-state index contributed by atoms with van der Waals surface area (Å²) < 4.78 is 2.48. The lowest BCUT2D eigenvalue weighted by atomic mass is 10.4. The van der Waals surface area contributed by atoms with Gasteiger partial charge in [0.2, 0.25) is 0 Å². The fourth-order valence-corrected chi connectivity index (χ4v) is 9.73. The number of thiazole rings is 1. The molecule has 0 aliphatic carbocycles. The van der Waals surface area contributed by atoms with Crippen LogP contribution in [0.4, 0.5) is 0 Å². The number of carbonyl (C=O) groups excluding carboxylic acids is 1. The SMILES string of the molecule is O=C(O)CN1C(=O)C(=c2sc(=CC=C3SC4=C(SCCS4)N3CCO)c(=O)n2CC(=O)O)SC1=S. The first-order valence-electron chi connectivity index (χ1n) is 9.90. The highest BCUT2D eigenvalue weighted by molar-refractivity contribution is 8.30. The van der Waals surface area contributed by atoms with Crippen molar-refractivity contribution in [2.45, 2.75) is 6.54 Å². The van der Waals surface area contributed by atoms with Crippen molar-refractivity contribution >= 4 is 104 Å². The lowest BCUT2D eigenvalue weighted by molar-refractivity contribution is -0.140. The van der Waals surface area contributed by atoms with Crippen LogP contribution in [0.15, 0.2) is 25.2 Å². The number of thiocarbonyl (C=S) groups is 1. The molecule has 16 heteroatoms. The molecule has 4 rings (SSSR count). The van der Waals surface area contributed by atoms with E-state index in [4.69, 9.17) is 17.3 Å². The molecule has 0 atom stereocenters. The van der Waals surface area contributed by atoms with Crippen molar-refractivity contribution in [3.8, 4) is 0 Å². The number of carbonyl (C=O) groups is 3. The fourth-order valence-electron chi connectivity index (χ4n) is 3.27. The van der Waals surface area contributed by atoms with Gasteiger partial charge in [-0.3, -0.25) is 28.6 Å². The van der Waals surface area contributed by atoms with Gasteiger partial charge in [0.05, 0.1) is 25.4 Å². The maximum atomic E-state index is 13.1. The molecule has 1 amide bonds. The van der Waals surface area contributed by atoms with Gasteiger partial charge in [-0.25, -0.2) is 0 Å². The first-order chi connectivity index (χ1) is 16.7. The van der Waals surface area contributed by atoms with Crippen LogP contribution in [0.1, 0.15) is 0 Å². The molecular formula is C19H17N3O7S6. The van der Waals surface area contributed by atoms with Gasteiger partial charge in [0, 0.05) is 18.1 Å². The predicted octanol–water partition coefficient (Wildman–Crippen LogP) is 0.317. The number of carboxylic acids is 2. The first-order valence-corrected chi connectivity index (χ1v) is 14.7. The number of β-amino-alcohol motifs (C(OH)–C–C–N with tert-alkyl or cyclic N) is 1. The molecule has 186 valence electrons. The molecule has 1 aromatic rings. The molecule has 10 nitrogen and oxygen atoms in total. The van der Waals surface area contributed by atoms with E-state index in [1.54, 1.807) is 47.4 Å². The minimum atomic E-state index is -1.26. The summed E-state index contributed by atoms with van der Waals surface area (Å²) in [6.45, 7) is -0.928. The molecule has 0 aromatic carbocycles. The van der Waals surface area contributed by atoms with Crippen molar-refractivity contribution in [2.24, 2.45) is 0 Å². The van der Waals surface area contributed by atoms with Gasteiger partial charge >= 0.3 is 11.9 Å². The number of aromatic nitrogens is 1. The molecule has 0 radical (unpaired) electrons. The Hall–Kier alpha value is -1.69. The molecule has 0 unspecified atom stereocenters. The molecule has 0 bridgehead atoms. The number of nitrogens with zero attached hydrogens (tertiary/aromatic N) is 3. The van der Waals surface area contributed by atoms with E-state index in [-0.39, 0.29) is 25.0 Å². The van der Waals surface area contributed by atoms with E-state index < -0.39 is 36.5 Å². The Bertz CT molecular complexity index is 1360. The number of amides is 1.